The number of pyridine rings is 1. The lowest BCUT2D eigenvalue weighted by Crippen LogP contribution is -2.36. The molecular formula is C23H26N6. The Labute approximate surface area is 170 Å². The molecule has 0 saturated heterocycles. The highest BCUT2D eigenvalue weighted by molar-refractivity contribution is 5.88. The number of hydrogen-bond donors (Lipinski definition) is 1. The third-order valence-corrected chi connectivity index (χ3v) is 6.09. The van der Waals surface area contributed by atoms with Crippen LogP contribution in [0.4, 0.5) is 5.95 Å². The Balaban J connectivity index is 1.37. The van der Waals surface area contributed by atoms with Crippen molar-refractivity contribution >= 4 is 22.4 Å². The molecule has 1 fully saturated rings. The molecule has 0 atom stereocenters. The first kappa shape index (κ1) is 18.1. The summed E-state index contributed by atoms with van der Waals surface area (Å²) in [6, 6.07) is 13.7. The van der Waals surface area contributed by atoms with Crippen LogP contribution in [0.25, 0.3) is 27.5 Å². The lowest BCUT2D eigenvalue weighted by Gasteiger charge is -2.32. The molecule has 0 amide bonds. The van der Waals surface area contributed by atoms with Crippen LogP contribution in [0.15, 0.2) is 55.0 Å². The Hall–Kier alpha value is -2.99. The minimum Gasteiger partial charge on any atom is -0.350 e. The molecule has 1 aliphatic carbocycles. The van der Waals surface area contributed by atoms with E-state index in [-0.39, 0.29) is 0 Å². The van der Waals surface area contributed by atoms with Crippen LogP contribution in [-0.4, -0.2) is 50.7 Å². The van der Waals surface area contributed by atoms with Gasteiger partial charge in [0, 0.05) is 35.4 Å². The summed E-state index contributed by atoms with van der Waals surface area (Å²) < 4.78 is 1.92. The molecule has 0 aliphatic heterocycles. The van der Waals surface area contributed by atoms with Gasteiger partial charge in [0.2, 0.25) is 5.95 Å². The summed E-state index contributed by atoms with van der Waals surface area (Å²) in [4.78, 5) is 11.4. The smallest absolute Gasteiger partial charge is 0.241 e. The molecule has 6 heteroatoms. The van der Waals surface area contributed by atoms with E-state index in [0.717, 1.165) is 40.4 Å². The van der Waals surface area contributed by atoms with Gasteiger partial charge in [-0.1, -0.05) is 12.1 Å². The predicted octanol–water partition coefficient (Wildman–Crippen LogP) is 4.23. The van der Waals surface area contributed by atoms with Gasteiger partial charge in [0.1, 0.15) is 0 Å². The molecule has 0 unspecified atom stereocenters. The van der Waals surface area contributed by atoms with E-state index in [1.807, 2.05) is 29.2 Å². The Kier molecular flexibility index (Phi) is 4.64. The van der Waals surface area contributed by atoms with E-state index in [2.05, 4.69) is 64.6 Å². The molecule has 0 spiro atoms. The van der Waals surface area contributed by atoms with Crippen molar-refractivity contribution in [2.24, 2.45) is 0 Å². The molecule has 1 N–H and O–H groups in total. The Morgan fingerprint density at radius 1 is 1.03 bits per heavy atom. The lowest BCUT2D eigenvalue weighted by atomic mass is 9.91. The van der Waals surface area contributed by atoms with Crippen LogP contribution in [0, 0.1) is 0 Å². The van der Waals surface area contributed by atoms with Gasteiger partial charge in [0.05, 0.1) is 17.2 Å². The summed E-state index contributed by atoms with van der Waals surface area (Å²) in [5.41, 5.74) is 4.30. The maximum absolute atomic E-state index is 4.70. The third kappa shape index (κ3) is 3.56. The molecule has 6 nitrogen and oxygen atoms in total. The van der Waals surface area contributed by atoms with E-state index >= 15 is 0 Å². The summed E-state index contributed by atoms with van der Waals surface area (Å²) in [7, 11) is 4.34. The second-order valence-corrected chi connectivity index (χ2v) is 8.17. The minimum absolute atomic E-state index is 0.451. The molecule has 148 valence electrons. The number of aromatic nitrogens is 4. The highest BCUT2D eigenvalue weighted by Crippen LogP contribution is 2.28. The molecule has 0 radical (unpaired) electrons. The molecule has 1 saturated carbocycles. The average Bonchev–Trinajstić information content (AvgIpc) is 3.17. The first-order valence-electron chi connectivity index (χ1n) is 10.3. The van der Waals surface area contributed by atoms with E-state index in [0.29, 0.717) is 18.0 Å². The first-order chi connectivity index (χ1) is 14.2. The summed E-state index contributed by atoms with van der Waals surface area (Å²) in [5.74, 6) is 0.704. The number of fused-ring (bicyclic) bond motifs is 2. The van der Waals surface area contributed by atoms with Gasteiger partial charge in [-0.05, 0) is 69.6 Å². The highest BCUT2D eigenvalue weighted by Gasteiger charge is 2.23. The maximum Gasteiger partial charge on any atom is 0.241 e. The van der Waals surface area contributed by atoms with E-state index in [1.54, 1.807) is 0 Å². The number of anilines is 1. The molecule has 1 aliphatic rings. The zero-order valence-electron chi connectivity index (χ0n) is 16.9. The fourth-order valence-corrected chi connectivity index (χ4v) is 4.37. The molecule has 4 aromatic rings. The molecule has 3 heterocycles. The van der Waals surface area contributed by atoms with Gasteiger partial charge in [-0.15, -0.1) is 5.10 Å². The molecular weight excluding hydrogens is 360 g/mol. The SMILES string of the molecule is CN(C)[C@H]1CC[C@H](Nc2ncc3c(-c4ccc5ncccc5c4)ccn3n2)CC1. The first-order valence-corrected chi connectivity index (χ1v) is 10.3. The minimum atomic E-state index is 0.451. The van der Waals surface area contributed by atoms with E-state index in [1.165, 1.54) is 12.8 Å². The quantitative estimate of drug-likeness (QED) is 0.569. The van der Waals surface area contributed by atoms with Crippen LogP contribution in [0.1, 0.15) is 25.7 Å². The number of nitrogens with one attached hydrogen (secondary N) is 1. The van der Waals surface area contributed by atoms with Crippen molar-refractivity contribution in [2.45, 2.75) is 37.8 Å². The van der Waals surface area contributed by atoms with Crippen molar-refractivity contribution in [1.29, 1.82) is 0 Å². The topological polar surface area (TPSA) is 58.3 Å². The van der Waals surface area contributed by atoms with Gasteiger partial charge in [-0.25, -0.2) is 9.50 Å². The van der Waals surface area contributed by atoms with Gasteiger partial charge >= 0.3 is 0 Å². The Bertz CT molecular complexity index is 1140. The maximum atomic E-state index is 4.70. The second kappa shape index (κ2) is 7.44. The molecule has 3 aromatic heterocycles. The van der Waals surface area contributed by atoms with Crippen molar-refractivity contribution in [1.82, 2.24) is 24.5 Å². The molecule has 5 rings (SSSR count). The van der Waals surface area contributed by atoms with Gasteiger partial charge in [-0.3, -0.25) is 4.98 Å². The van der Waals surface area contributed by atoms with Crippen LogP contribution in [-0.2, 0) is 0 Å². The fraction of sp³-hybridized carbons (Fsp3) is 0.348. The Morgan fingerprint density at radius 2 is 1.90 bits per heavy atom. The summed E-state index contributed by atoms with van der Waals surface area (Å²) in [6.07, 6.45) is 10.5. The number of hydrogen-bond acceptors (Lipinski definition) is 5. The van der Waals surface area contributed by atoms with E-state index < -0.39 is 0 Å². The monoisotopic (exact) mass is 386 g/mol. The normalized spacial score (nSPS) is 19.8. The van der Waals surface area contributed by atoms with Crippen LogP contribution >= 0.6 is 0 Å². The van der Waals surface area contributed by atoms with Gasteiger partial charge < -0.3 is 10.2 Å². The van der Waals surface area contributed by atoms with Gasteiger partial charge in [0.15, 0.2) is 0 Å². The standard InChI is InChI=1S/C23H26N6/c1-28(2)19-8-6-18(7-9-19)26-23-25-15-22-20(11-13-29(22)27-23)16-5-10-21-17(14-16)4-3-12-24-21/h3-5,10-15,18-19H,6-9H2,1-2H3,(H,26,27)/t18-,19-. The number of rotatable bonds is 4. The van der Waals surface area contributed by atoms with Crippen LogP contribution in [0.5, 0.6) is 0 Å². The van der Waals surface area contributed by atoms with Gasteiger partial charge in [0.25, 0.3) is 0 Å². The van der Waals surface area contributed by atoms with Gasteiger partial charge in [-0.2, -0.15) is 0 Å². The van der Waals surface area contributed by atoms with E-state index in [9.17, 15) is 0 Å². The highest BCUT2D eigenvalue weighted by atomic mass is 15.3. The average molecular weight is 387 g/mol. The van der Waals surface area contributed by atoms with Crippen molar-refractivity contribution < 1.29 is 0 Å². The van der Waals surface area contributed by atoms with Crippen LogP contribution in [0.3, 0.4) is 0 Å². The van der Waals surface area contributed by atoms with Crippen molar-refractivity contribution in [3.63, 3.8) is 0 Å². The second-order valence-electron chi connectivity index (χ2n) is 8.17. The summed E-state index contributed by atoms with van der Waals surface area (Å²) in [6.45, 7) is 0. The van der Waals surface area contributed by atoms with Crippen LogP contribution in [0.2, 0.25) is 0 Å². The number of benzene rings is 1. The molecule has 29 heavy (non-hydrogen) atoms. The van der Waals surface area contributed by atoms with Crippen molar-refractivity contribution in [3.05, 3.63) is 55.0 Å². The van der Waals surface area contributed by atoms with Crippen LogP contribution < -0.4 is 5.32 Å². The summed E-state index contributed by atoms with van der Waals surface area (Å²) in [5, 5.41) is 9.38. The largest absolute Gasteiger partial charge is 0.350 e. The third-order valence-electron chi connectivity index (χ3n) is 6.09. The van der Waals surface area contributed by atoms with E-state index in [4.69, 9.17) is 5.10 Å². The molecule has 0 bridgehead atoms. The predicted molar refractivity (Wildman–Crippen MR) is 117 cm³/mol. The number of nitrogens with zero attached hydrogens (tertiary/aromatic N) is 5. The lowest BCUT2D eigenvalue weighted by molar-refractivity contribution is 0.221. The Morgan fingerprint density at radius 3 is 2.72 bits per heavy atom. The summed E-state index contributed by atoms with van der Waals surface area (Å²) >= 11 is 0. The fourth-order valence-electron chi connectivity index (χ4n) is 4.37. The van der Waals surface area contributed by atoms with Crippen molar-refractivity contribution in [2.75, 3.05) is 19.4 Å². The van der Waals surface area contributed by atoms with Crippen molar-refractivity contribution in [3.8, 4) is 11.1 Å². The zero-order valence-corrected chi connectivity index (χ0v) is 16.9. The zero-order chi connectivity index (χ0) is 19.8. The molecule has 1 aromatic carbocycles.